The van der Waals surface area contributed by atoms with Crippen LogP contribution in [0, 0.1) is 6.92 Å². The second kappa shape index (κ2) is 5.88. The highest BCUT2D eigenvalue weighted by atomic mass is 32.2. The highest BCUT2D eigenvalue weighted by Gasteiger charge is 2.23. The fourth-order valence-corrected chi connectivity index (χ4v) is 3.00. The molecule has 0 radical (unpaired) electrons. The molecule has 3 heterocycles. The Labute approximate surface area is 120 Å². The molecule has 1 saturated heterocycles. The molecule has 20 heavy (non-hydrogen) atoms. The maximum atomic E-state index is 5.37. The number of ether oxygens (including phenoxy) is 1. The summed E-state index contributed by atoms with van der Waals surface area (Å²) >= 11 is 1.53. The number of tetrazole rings is 1. The Morgan fingerprint density at radius 1 is 1.35 bits per heavy atom. The first-order chi connectivity index (χ1) is 9.74. The van der Waals surface area contributed by atoms with Gasteiger partial charge in [-0.05, 0) is 37.1 Å². The molecule has 0 aromatic carbocycles. The molecule has 1 aliphatic rings. The van der Waals surface area contributed by atoms with Gasteiger partial charge in [0.1, 0.15) is 0 Å². The molecule has 0 unspecified atom stereocenters. The molecule has 1 aliphatic heterocycles. The largest absolute Gasteiger partial charge is 0.381 e. The van der Waals surface area contributed by atoms with E-state index in [1.165, 1.54) is 11.8 Å². The van der Waals surface area contributed by atoms with Crippen molar-refractivity contribution in [1.82, 2.24) is 30.3 Å². The summed E-state index contributed by atoms with van der Waals surface area (Å²) in [6.45, 7) is 5.32. The molecule has 108 valence electrons. The highest BCUT2D eigenvalue weighted by molar-refractivity contribution is 7.99. The molecule has 3 rings (SSSR count). The molecule has 1 fully saturated rings. The van der Waals surface area contributed by atoms with E-state index in [0.29, 0.717) is 17.8 Å². The van der Waals surface area contributed by atoms with Crippen molar-refractivity contribution in [2.45, 2.75) is 43.1 Å². The van der Waals surface area contributed by atoms with Crippen molar-refractivity contribution in [2.75, 3.05) is 13.2 Å². The molecule has 0 saturated carbocycles. The number of aromatic nitrogens is 6. The molecular formula is C11H16N6O2S. The topological polar surface area (TPSA) is 91.8 Å². The van der Waals surface area contributed by atoms with Crippen LogP contribution in [0.4, 0.5) is 0 Å². The van der Waals surface area contributed by atoms with Crippen LogP contribution >= 0.6 is 11.8 Å². The molecule has 2 aromatic rings. The zero-order chi connectivity index (χ0) is 13.9. The van der Waals surface area contributed by atoms with Gasteiger partial charge in [-0.15, -0.1) is 5.10 Å². The van der Waals surface area contributed by atoms with Crippen LogP contribution in [0.15, 0.2) is 9.68 Å². The Bertz CT molecular complexity index is 565. The lowest BCUT2D eigenvalue weighted by atomic mass is 10.1. The summed E-state index contributed by atoms with van der Waals surface area (Å²) in [6, 6.07) is 0.304. The van der Waals surface area contributed by atoms with Gasteiger partial charge in [0.25, 0.3) is 0 Å². The minimum atomic E-state index is 0.0146. The summed E-state index contributed by atoms with van der Waals surface area (Å²) in [5.74, 6) is 1.23. The van der Waals surface area contributed by atoms with Gasteiger partial charge in [-0.2, -0.15) is 4.98 Å². The zero-order valence-corrected chi connectivity index (χ0v) is 12.2. The molecule has 1 atom stereocenters. The SMILES string of the molecule is Cc1noc([C@@H](C)Sc2nnnn2C2CCOCC2)n1. The second-order valence-corrected chi connectivity index (χ2v) is 6.00. The normalized spacial score (nSPS) is 18.3. The third kappa shape index (κ3) is 2.83. The minimum absolute atomic E-state index is 0.0146. The first kappa shape index (κ1) is 13.5. The number of aryl methyl sites for hydroxylation is 1. The standard InChI is InChI=1S/C11H16N6O2S/c1-7(10-12-8(2)14-19-10)20-11-13-15-16-17(11)9-3-5-18-6-4-9/h7,9H,3-6H2,1-2H3/t7-/m1/s1. The quantitative estimate of drug-likeness (QED) is 0.785. The van der Waals surface area contributed by atoms with E-state index in [9.17, 15) is 0 Å². The van der Waals surface area contributed by atoms with E-state index >= 15 is 0 Å². The van der Waals surface area contributed by atoms with E-state index in [4.69, 9.17) is 9.26 Å². The lowest BCUT2D eigenvalue weighted by molar-refractivity contribution is 0.0631. The summed E-state index contributed by atoms with van der Waals surface area (Å²) in [5, 5.41) is 16.6. The minimum Gasteiger partial charge on any atom is -0.381 e. The Morgan fingerprint density at radius 3 is 2.85 bits per heavy atom. The lowest BCUT2D eigenvalue weighted by Gasteiger charge is -2.22. The van der Waals surface area contributed by atoms with Crippen LogP contribution in [0.25, 0.3) is 0 Å². The first-order valence-electron chi connectivity index (χ1n) is 6.56. The van der Waals surface area contributed by atoms with E-state index in [1.54, 1.807) is 6.92 Å². The van der Waals surface area contributed by atoms with E-state index in [-0.39, 0.29) is 5.25 Å². The molecule has 9 heteroatoms. The van der Waals surface area contributed by atoms with E-state index < -0.39 is 0 Å². The average molecular weight is 296 g/mol. The number of thioether (sulfide) groups is 1. The van der Waals surface area contributed by atoms with Gasteiger partial charge in [-0.1, -0.05) is 16.9 Å². The van der Waals surface area contributed by atoms with Gasteiger partial charge in [-0.25, -0.2) is 4.68 Å². The van der Waals surface area contributed by atoms with E-state index in [0.717, 1.165) is 31.2 Å². The second-order valence-electron chi connectivity index (χ2n) is 4.69. The highest BCUT2D eigenvalue weighted by Crippen LogP contribution is 2.34. The van der Waals surface area contributed by atoms with Gasteiger partial charge >= 0.3 is 0 Å². The van der Waals surface area contributed by atoms with Crippen LogP contribution in [0.5, 0.6) is 0 Å². The predicted molar refractivity (Wildman–Crippen MR) is 70.2 cm³/mol. The Kier molecular flexibility index (Phi) is 3.97. The Balaban J connectivity index is 1.72. The van der Waals surface area contributed by atoms with E-state index in [2.05, 4.69) is 25.7 Å². The van der Waals surface area contributed by atoms with Gasteiger partial charge in [-0.3, -0.25) is 0 Å². The summed E-state index contributed by atoms with van der Waals surface area (Å²) in [4.78, 5) is 4.24. The third-order valence-corrected chi connectivity index (χ3v) is 4.21. The molecular weight excluding hydrogens is 280 g/mol. The summed E-state index contributed by atoms with van der Waals surface area (Å²) in [6.07, 6.45) is 1.87. The first-order valence-corrected chi connectivity index (χ1v) is 7.44. The maximum Gasteiger partial charge on any atom is 0.239 e. The number of rotatable bonds is 4. The maximum absolute atomic E-state index is 5.37. The van der Waals surface area contributed by atoms with Gasteiger partial charge in [0.15, 0.2) is 5.82 Å². The van der Waals surface area contributed by atoms with Crippen LogP contribution in [-0.4, -0.2) is 43.6 Å². The van der Waals surface area contributed by atoms with Crippen molar-refractivity contribution in [2.24, 2.45) is 0 Å². The van der Waals surface area contributed by atoms with Crippen LogP contribution < -0.4 is 0 Å². The number of hydrogen-bond acceptors (Lipinski definition) is 8. The number of nitrogens with zero attached hydrogens (tertiary/aromatic N) is 6. The third-order valence-electron chi connectivity index (χ3n) is 3.17. The molecule has 0 N–H and O–H groups in total. The van der Waals surface area contributed by atoms with Crippen LogP contribution in [0.1, 0.15) is 42.8 Å². The fourth-order valence-electron chi connectivity index (χ4n) is 2.11. The fraction of sp³-hybridized carbons (Fsp3) is 0.727. The van der Waals surface area contributed by atoms with Crippen molar-refractivity contribution in [3.8, 4) is 0 Å². The molecule has 8 nitrogen and oxygen atoms in total. The smallest absolute Gasteiger partial charge is 0.239 e. The van der Waals surface area contributed by atoms with Gasteiger partial charge < -0.3 is 9.26 Å². The summed E-state index contributed by atoms with van der Waals surface area (Å²) < 4.78 is 12.4. The summed E-state index contributed by atoms with van der Waals surface area (Å²) in [7, 11) is 0. The number of hydrogen-bond donors (Lipinski definition) is 0. The van der Waals surface area contributed by atoms with Crippen molar-refractivity contribution in [3.05, 3.63) is 11.7 Å². The van der Waals surface area contributed by atoms with E-state index in [1.807, 2.05) is 11.6 Å². The van der Waals surface area contributed by atoms with Crippen LogP contribution in [0.3, 0.4) is 0 Å². The molecule has 0 bridgehead atoms. The molecule has 2 aromatic heterocycles. The lowest BCUT2D eigenvalue weighted by Crippen LogP contribution is -2.21. The van der Waals surface area contributed by atoms with Crippen molar-refractivity contribution in [3.63, 3.8) is 0 Å². The average Bonchev–Trinajstić information content (AvgIpc) is 3.09. The molecule has 0 spiro atoms. The Hall–Kier alpha value is -1.48. The zero-order valence-electron chi connectivity index (χ0n) is 11.4. The molecule has 0 amide bonds. The van der Waals surface area contributed by atoms with Gasteiger partial charge in [0.05, 0.1) is 11.3 Å². The van der Waals surface area contributed by atoms with Crippen LogP contribution in [0.2, 0.25) is 0 Å². The monoisotopic (exact) mass is 296 g/mol. The van der Waals surface area contributed by atoms with Crippen molar-refractivity contribution in [1.29, 1.82) is 0 Å². The molecule has 0 aliphatic carbocycles. The van der Waals surface area contributed by atoms with Crippen molar-refractivity contribution >= 4 is 11.8 Å². The van der Waals surface area contributed by atoms with Gasteiger partial charge in [0, 0.05) is 13.2 Å². The predicted octanol–water partition coefficient (Wildman–Crippen LogP) is 1.57. The Morgan fingerprint density at radius 2 is 2.15 bits per heavy atom. The summed E-state index contributed by atoms with van der Waals surface area (Å²) in [5.41, 5.74) is 0. The van der Waals surface area contributed by atoms with Crippen molar-refractivity contribution < 1.29 is 9.26 Å². The van der Waals surface area contributed by atoms with Gasteiger partial charge in [0.2, 0.25) is 11.0 Å². The van der Waals surface area contributed by atoms with Crippen LogP contribution in [-0.2, 0) is 4.74 Å².